The molecule has 0 saturated heterocycles. The molecule has 0 spiro atoms. The Balaban J connectivity index is 2.19. The lowest BCUT2D eigenvalue weighted by Crippen LogP contribution is -2.13. The molecule has 0 saturated carbocycles. The average molecular weight is 307 g/mol. The monoisotopic (exact) mass is 306 g/mol. The molecule has 0 N–H and O–H groups in total. The highest BCUT2D eigenvalue weighted by atomic mass is 35.7. The highest BCUT2D eigenvalue weighted by Crippen LogP contribution is 2.39. The van der Waals surface area contributed by atoms with E-state index in [-0.39, 0.29) is 0 Å². The fraction of sp³-hybridized carbons (Fsp3) is 0.250. The third-order valence-corrected chi connectivity index (χ3v) is 5.86. The lowest BCUT2D eigenvalue weighted by molar-refractivity contribution is 1.13. The molecular weight excluding hydrogens is 287 g/mol. The summed E-state index contributed by atoms with van der Waals surface area (Å²) in [7, 11) is 7.36. The molecule has 0 aliphatic carbocycles. The van der Waals surface area contributed by atoms with Gasteiger partial charge in [0.2, 0.25) is 0 Å². The average Bonchev–Trinajstić information content (AvgIpc) is 2.46. The summed E-state index contributed by atoms with van der Waals surface area (Å²) in [4.78, 5) is 4.18. The number of hydrogen-bond donors (Lipinski definition) is 0. The van der Waals surface area contributed by atoms with E-state index in [4.69, 9.17) is 11.2 Å². The fourth-order valence-electron chi connectivity index (χ4n) is 1.91. The smallest absolute Gasteiger partial charge is 0.0524 e. The van der Waals surface area contributed by atoms with Crippen LogP contribution in [0.4, 0.5) is 11.4 Å². The van der Waals surface area contributed by atoms with Crippen molar-refractivity contribution < 1.29 is 0 Å². The van der Waals surface area contributed by atoms with Crippen LogP contribution in [-0.2, 0) is 0 Å². The van der Waals surface area contributed by atoms with Crippen molar-refractivity contribution in [3.05, 3.63) is 48.5 Å². The number of anilines is 2. The maximum atomic E-state index is 6.63. The van der Waals surface area contributed by atoms with Gasteiger partial charge < -0.3 is 9.80 Å². The molecule has 0 aromatic heterocycles. The molecule has 0 bridgehead atoms. The Morgan fingerprint density at radius 1 is 0.650 bits per heavy atom. The zero-order valence-corrected chi connectivity index (χ0v) is 14.0. The van der Waals surface area contributed by atoms with Gasteiger partial charge in [0.1, 0.15) is 0 Å². The Morgan fingerprint density at radius 3 is 1.20 bits per heavy atom. The third kappa shape index (κ3) is 3.45. The molecule has 0 aliphatic rings. The number of rotatable bonds is 4. The van der Waals surface area contributed by atoms with Gasteiger partial charge in [-0.25, -0.2) is 0 Å². The molecule has 0 radical (unpaired) electrons. The predicted octanol–water partition coefficient (Wildman–Crippen LogP) is 3.41. The Kier molecular flexibility index (Phi) is 4.91. The van der Waals surface area contributed by atoms with Crippen LogP contribution in [0, 0.1) is 0 Å². The first-order valence-electron chi connectivity index (χ1n) is 6.50. The van der Waals surface area contributed by atoms with Crippen molar-refractivity contribution in [2.75, 3.05) is 38.0 Å². The van der Waals surface area contributed by atoms with E-state index in [9.17, 15) is 0 Å². The van der Waals surface area contributed by atoms with Gasteiger partial charge in [-0.3, -0.25) is 0 Å². The van der Waals surface area contributed by atoms with Crippen molar-refractivity contribution in [3.63, 3.8) is 0 Å². The number of halogens is 1. The van der Waals surface area contributed by atoms with Gasteiger partial charge in [0.15, 0.2) is 0 Å². The zero-order chi connectivity index (χ0) is 14.7. The Bertz CT molecular complexity index is 498. The second-order valence-corrected chi connectivity index (χ2v) is 7.71. The Morgan fingerprint density at radius 2 is 0.950 bits per heavy atom. The van der Waals surface area contributed by atoms with Crippen LogP contribution in [0.2, 0.25) is 0 Å². The molecule has 2 nitrogen and oxygen atoms in total. The summed E-state index contributed by atoms with van der Waals surface area (Å²) >= 11 is 6.63. The Labute approximate surface area is 127 Å². The molecule has 0 unspecified atom stereocenters. The highest BCUT2D eigenvalue weighted by Gasteiger charge is 2.11. The first-order chi connectivity index (χ1) is 9.49. The normalized spacial score (nSPS) is 10.7. The van der Waals surface area contributed by atoms with Gasteiger partial charge in [-0.1, -0.05) is 35.5 Å². The van der Waals surface area contributed by atoms with E-state index < -0.39 is 7.27 Å². The van der Waals surface area contributed by atoms with Crippen LogP contribution in [0.15, 0.2) is 48.5 Å². The van der Waals surface area contributed by atoms with Crippen molar-refractivity contribution in [1.82, 2.24) is 0 Å². The summed E-state index contributed by atoms with van der Waals surface area (Å²) in [6, 6.07) is 16.9. The van der Waals surface area contributed by atoms with Crippen molar-refractivity contribution in [2.24, 2.45) is 0 Å². The van der Waals surface area contributed by atoms with Gasteiger partial charge >= 0.3 is 0 Å². The molecule has 2 aromatic rings. The second-order valence-electron chi connectivity index (χ2n) is 5.10. The minimum atomic E-state index is -0.799. The summed E-state index contributed by atoms with van der Waals surface area (Å²) in [6.07, 6.45) is 0. The van der Waals surface area contributed by atoms with E-state index in [0.29, 0.717) is 0 Å². The van der Waals surface area contributed by atoms with E-state index >= 15 is 0 Å². The van der Waals surface area contributed by atoms with Crippen LogP contribution in [0.25, 0.3) is 0 Å². The minimum Gasteiger partial charge on any atom is -0.378 e. The number of benzene rings is 2. The van der Waals surface area contributed by atoms with Gasteiger partial charge in [0.25, 0.3) is 0 Å². The first kappa shape index (κ1) is 15.2. The zero-order valence-electron chi connectivity index (χ0n) is 12.3. The molecule has 2 rings (SSSR count). The highest BCUT2D eigenvalue weighted by molar-refractivity contribution is 7.95. The summed E-state index contributed by atoms with van der Waals surface area (Å²) in [5.74, 6) is 0. The van der Waals surface area contributed by atoms with Gasteiger partial charge in [-0.05, 0) is 34.9 Å². The van der Waals surface area contributed by atoms with E-state index in [1.54, 1.807) is 0 Å². The van der Waals surface area contributed by atoms with Crippen LogP contribution >= 0.6 is 18.5 Å². The maximum Gasteiger partial charge on any atom is 0.0524 e. The summed E-state index contributed by atoms with van der Waals surface area (Å²) < 4.78 is 0. The summed E-state index contributed by atoms with van der Waals surface area (Å²) in [5, 5.41) is 2.37. The summed E-state index contributed by atoms with van der Waals surface area (Å²) in [6.45, 7) is 0. The van der Waals surface area contributed by atoms with Gasteiger partial charge in [0, 0.05) is 39.6 Å². The molecule has 0 atom stereocenters. The largest absolute Gasteiger partial charge is 0.378 e. The molecule has 0 amide bonds. The standard InChI is InChI=1S/C16H20ClN2P/c1-18(2)13-5-9-15(10-6-13)20(17)16-11-7-14(8-12-16)19(3)4/h5-12H,1-4H3. The van der Waals surface area contributed by atoms with E-state index in [2.05, 4.69) is 58.3 Å². The fourth-order valence-corrected chi connectivity index (χ4v) is 3.71. The van der Waals surface area contributed by atoms with Crippen LogP contribution in [0.1, 0.15) is 0 Å². The molecule has 4 heteroatoms. The van der Waals surface area contributed by atoms with E-state index in [1.807, 2.05) is 28.2 Å². The van der Waals surface area contributed by atoms with Crippen molar-refractivity contribution in [1.29, 1.82) is 0 Å². The molecule has 0 heterocycles. The molecule has 0 aliphatic heterocycles. The van der Waals surface area contributed by atoms with Gasteiger partial charge in [-0.15, -0.1) is 0 Å². The SMILES string of the molecule is CN(C)c1ccc(P(Cl)c2ccc(N(C)C)cc2)cc1. The van der Waals surface area contributed by atoms with E-state index in [0.717, 1.165) is 0 Å². The second kappa shape index (κ2) is 6.47. The van der Waals surface area contributed by atoms with Gasteiger partial charge in [-0.2, -0.15) is 0 Å². The van der Waals surface area contributed by atoms with Crippen molar-refractivity contribution in [3.8, 4) is 0 Å². The van der Waals surface area contributed by atoms with Crippen molar-refractivity contribution >= 4 is 40.5 Å². The van der Waals surface area contributed by atoms with E-state index in [1.165, 1.54) is 22.0 Å². The van der Waals surface area contributed by atoms with Crippen LogP contribution in [0.5, 0.6) is 0 Å². The van der Waals surface area contributed by atoms with Crippen LogP contribution in [-0.4, -0.2) is 28.2 Å². The van der Waals surface area contributed by atoms with Crippen LogP contribution < -0.4 is 20.4 Å². The first-order valence-corrected chi connectivity index (χ1v) is 8.74. The van der Waals surface area contributed by atoms with Crippen LogP contribution in [0.3, 0.4) is 0 Å². The number of hydrogen-bond acceptors (Lipinski definition) is 2. The molecular formula is C16H20ClN2P. The molecule has 106 valence electrons. The summed E-state index contributed by atoms with van der Waals surface area (Å²) in [5.41, 5.74) is 2.38. The molecule has 2 aromatic carbocycles. The predicted molar refractivity (Wildman–Crippen MR) is 93.6 cm³/mol. The lowest BCUT2D eigenvalue weighted by Gasteiger charge is -2.16. The topological polar surface area (TPSA) is 6.48 Å². The quantitative estimate of drug-likeness (QED) is 0.799. The maximum absolute atomic E-state index is 6.63. The lowest BCUT2D eigenvalue weighted by atomic mass is 10.3. The molecule has 0 fully saturated rings. The van der Waals surface area contributed by atoms with Crippen molar-refractivity contribution in [2.45, 2.75) is 0 Å². The van der Waals surface area contributed by atoms with Gasteiger partial charge in [0.05, 0.1) is 7.27 Å². The minimum absolute atomic E-state index is 0.799. The third-order valence-electron chi connectivity index (χ3n) is 3.19. The molecule has 20 heavy (non-hydrogen) atoms. The number of nitrogens with zero attached hydrogens (tertiary/aromatic N) is 2. The Hall–Kier alpha value is -1.24.